The van der Waals surface area contributed by atoms with Gasteiger partial charge in [-0.05, 0) is 13.3 Å². The minimum Gasteiger partial charge on any atom is -0.480 e. The first-order chi connectivity index (χ1) is 9.54. The van der Waals surface area contributed by atoms with E-state index in [0.29, 0.717) is 6.54 Å². The lowest BCUT2D eigenvalue weighted by atomic mass is 10.2. The van der Waals surface area contributed by atoms with Crippen molar-refractivity contribution in [1.82, 2.24) is 15.1 Å². The summed E-state index contributed by atoms with van der Waals surface area (Å²) in [5, 5.41) is 11.7. The molecule has 0 spiro atoms. The third kappa shape index (κ3) is 6.00. The van der Waals surface area contributed by atoms with Gasteiger partial charge in [0.15, 0.2) is 0 Å². The SMILES string of the molecule is CCC(C)N(CC(=O)O)C(=O)NCCN1CCSCC1. The molecule has 0 saturated carbocycles. The smallest absolute Gasteiger partial charge is 0.323 e. The molecule has 2 amide bonds. The normalized spacial score (nSPS) is 17.5. The van der Waals surface area contributed by atoms with Crippen LogP contribution < -0.4 is 5.32 Å². The average Bonchev–Trinajstić information content (AvgIpc) is 2.44. The number of carbonyl (C=O) groups excluding carboxylic acids is 1. The topological polar surface area (TPSA) is 72.9 Å². The molecule has 1 rings (SSSR count). The van der Waals surface area contributed by atoms with E-state index in [0.717, 1.165) is 37.6 Å². The first kappa shape index (κ1) is 17.1. The Balaban J connectivity index is 2.34. The molecule has 0 aromatic heterocycles. The molecule has 1 fully saturated rings. The number of rotatable bonds is 7. The average molecular weight is 303 g/mol. The molecule has 1 aliphatic rings. The Morgan fingerprint density at radius 2 is 2.05 bits per heavy atom. The van der Waals surface area contributed by atoms with Gasteiger partial charge in [0.1, 0.15) is 6.54 Å². The Bertz CT molecular complexity index is 322. The molecule has 0 aromatic carbocycles. The van der Waals surface area contributed by atoms with Crippen LogP contribution in [0, 0.1) is 0 Å². The number of amides is 2. The minimum absolute atomic E-state index is 0.0718. The van der Waals surface area contributed by atoms with Crippen LogP contribution in [0.3, 0.4) is 0 Å². The molecule has 1 heterocycles. The molecule has 1 atom stereocenters. The van der Waals surface area contributed by atoms with E-state index in [2.05, 4.69) is 10.2 Å². The third-order valence-electron chi connectivity index (χ3n) is 3.50. The van der Waals surface area contributed by atoms with Gasteiger partial charge in [-0.1, -0.05) is 6.92 Å². The molecule has 0 radical (unpaired) electrons. The molecule has 7 heteroatoms. The fourth-order valence-electron chi connectivity index (χ4n) is 2.04. The summed E-state index contributed by atoms with van der Waals surface area (Å²) >= 11 is 1.95. The Kier molecular flexibility index (Phi) is 7.76. The summed E-state index contributed by atoms with van der Waals surface area (Å²) in [7, 11) is 0. The highest BCUT2D eigenvalue weighted by Gasteiger charge is 2.21. The van der Waals surface area contributed by atoms with Crippen molar-refractivity contribution in [2.45, 2.75) is 26.3 Å². The number of nitrogens with zero attached hydrogens (tertiary/aromatic N) is 2. The number of aliphatic carboxylic acids is 1. The first-order valence-electron chi connectivity index (χ1n) is 7.11. The summed E-state index contributed by atoms with van der Waals surface area (Å²) in [6.45, 7) is 7.07. The van der Waals surface area contributed by atoms with Crippen LogP contribution in [0.15, 0.2) is 0 Å². The van der Waals surface area contributed by atoms with Crippen LogP contribution in [0.25, 0.3) is 0 Å². The van der Waals surface area contributed by atoms with Crippen LogP contribution in [-0.4, -0.2) is 77.2 Å². The molecule has 0 bridgehead atoms. The Hall–Kier alpha value is -0.950. The van der Waals surface area contributed by atoms with Crippen molar-refractivity contribution in [3.05, 3.63) is 0 Å². The molecule has 20 heavy (non-hydrogen) atoms. The summed E-state index contributed by atoms with van der Waals surface area (Å²) in [4.78, 5) is 26.6. The van der Waals surface area contributed by atoms with Gasteiger partial charge in [-0.2, -0.15) is 11.8 Å². The molecule has 1 unspecified atom stereocenters. The first-order valence-corrected chi connectivity index (χ1v) is 8.26. The van der Waals surface area contributed by atoms with Gasteiger partial charge < -0.3 is 15.3 Å². The van der Waals surface area contributed by atoms with E-state index in [1.807, 2.05) is 25.6 Å². The van der Waals surface area contributed by atoms with E-state index in [9.17, 15) is 9.59 Å². The van der Waals surface area contributed by atoms with Crippen molar-refractivity contribution in [1.29, 1.82) is 0 Å². The number of carboxylic acids is 1. The van der Waals surface area contributed by atoms with Crippen LogP contribution in [0.2, 0.25) is 0 Å². The van der Waals surface area contributed by atoms with E-state index in [1.165, 1.54) is 4.90 Å². The number of urea groups is 1. The van der Waals surface area contributed by atoms with Gasteiger partial charge in [0, 0.05) is 43.7 Å². The summed E-state index contributed by atoms with van der Waals surface area (Å²) < 4.78 is 0. The third-order valence-corrected chi connectivity index (χ3v) is 4.44. The largest absolute Gasteiger partial charge is 0.480 e. The van der Waals surface area contributed by atoms with Crippen LogP contribution in [0.5, 0.6) is 0 Å². The molecule has 6 nitrogen and oxygen atoms in total. The number of carbonyl (C=O) groups is 2. The van der Waals surface area contributed by atoms with Crippen molar-refractivity contribution in [2.24, 2.45) is 0 Å². The second-order valence-electron chi connectivity index (χ2n) is 4.96. The van der Waals surface area contributed by atoms with Crippen LogP contribution in [0.4, 0.5) is 4.79 Å². The van der Waals surface area contributed by atoms with E-state index in [4.69, 9.17) is 5.11 Å². The highest BCUT2D eigenvalue weighted by Crippen LogP contribution is 2.08. The zero-order valence-corrected chi connectivity index (χ0v) is 13.1. The maximum absolute atomic E-state index is 12.0. The quantitative estimate of drug-likeness (QED) is 0.732. The Labute approximate surface area is 124 Å². The second kappa shape index (κ2) is 9.07. The number of carboxylic acid groups (broad SMARTS) is 1. The lowest BCUT2D eigenvalue weighted by Gasteiger charge is -2.29. The fraction of sp³-hybridized carbons (Fsp3) is 0.846. The molecule has 0 aliphatic carbocycles. The predicted octanol–water partition coefficient (Wildman–Crippen LogP) is 0.930. The monoisotopic (exact) mass is 303 g/mol. The molecule has 0 aromatic rings. The summed E-state index contributed by atoms with van der Waals surface area (Å²) in [6.07, 6.45) is 0.740. The molecular weight excluding hydrogens is 278 g/mol. The van der Waals surface area contributed by atoms with Gasteiger partial charge >= 0.3 is 12.0 Å². The van der Waals surface area contributed by atoms with Crippen molar-refractivity contribution >= 4 is 23.8 Å². The zero-order valence-electron chi connectivity index (χ0n) is 12.3. The Morgan fingerprint density at radius 3 is 2.60 bits per heavy atom. The molecule has 1 aliphatic heterocycles. The van der Waals surface area contributed by atoms with Crippen LogP contribution in [0.1, 0.15) is 20.3 Å². The van der Waals surface area contributed by atoms with Gasteiger partial charge in [-0.3, -0.25) is 9.69 Å². The van der Waals surface area contributed by atoms with E-state index < -0.39 is 5.97 Å². The van der Waals surface area contributed by atoms with Crippen molar-refractivity contribution < 1.29 is 14.7 Å². The summed E-state index contributed by atoms with van der Waals surface area (Å²) in [5.74, 6) is 1.31. The van der Waals surface area contributed by atoms with Crippen molar-refractivity contribution in [2.75, 3.05) is 44.2 Å². The highest BCUT2D eigenvalue weighted by molar-refractivity contribution is 7.99. The maximum Gasteiger partial charge on any atom is 0.323 e. The molecule has 116 valence electrons. The fourth-order valence-corrected chi connectivity index (χ4v) is 3.02. The van der Waals surface area contributed by atoms with Gasteiger partial charge in [0.05, 0.1) is 0 Å². The van der Waals surface area contributed by atoms with Gasteiger partial charge in [0.25, 0.3) is 0 Å². The van der Waals surface area contributed by atoms with Crippen LogP contribution in [-0.2, 0) is 4.79 Å². The summed E-state index contributed by atoms with van der Waals surface area (Å²) in [6, 6.07) is -0.356. The number of thioether (sulfide) groups is 1. The van der Waals surface area contributed by atoms with Gasteiger partial charge in [-0.25, -0.2) is 4.79 Å². The lowest BCUT2D eigenvalue weighted by molar-refractivity contribution is -0.138. The minimum atomic E-state index is -0.978. The molecule has 2 N–H and O–H groups in total. The summed E-state index contributed by atoms with van der Waals surface area (Å²) in [5.41, 5.74) is 0. The highest BCUT2D eigenvalue weighted by atomic mass is 32.2. The molecule has 1 saturated heterocycles. The Morgan fingerprint density at radius 1 is 1.40 bits per heavy atom. The van der Waals surface area contributed by atoms with E-state index >= 15 is 0 Å². The molecular formula is C13H25N3O3S. The second-order valence-corrected chi connectivity index (χ2v) is 6.19. The van der Waals surface area contributed by atoms with Gasteiger partial charge in [-0.15, -0.1) is 0 Å². The number of nitrogens with one attached hydrogen (secondary N) is 1. The standard InChI is InChI=1S/C13H25N3O3S/c1-3-11(2)16(10-12(17)18)13(19)14-4-5-15-6-8-20-9-7-15/h11H,3-10H2,1-2H3,(H,14,19)(H,17,18). The number of hydrogen-bond acceptors (Lipinski definition) is 4. The van der Waals surface area contributed by atoms with Crippen molar-refractivity contribution in [3.63, 3.8) is 0 Å². The lowest BCUT2D eigenvalue weighted by Crippen LogP contribution is -2.49. The predicted molar refractivity (Wildman–Crippen MR) is 81.3 cm³/mol. The van der Waals surface area contributed by atoms with E-state index in [1.54, 1.807) is 0 Å². The van der Waals surface area contributed by atoms with E-state index in [-0.39, 0.29) is 18.6 Å². The van der Waals surface area contributed by atoms with Gasteiger partial charge in [0.2, 0.25) is 0 Å². The van der Waals surface area contributed by atoms with Crippen molar-refractivity contribution in [3.8, 4) is 0 Å². The maximum atomic E-state index is 12.0. The number of hydrogen-bond donors (Lipinski definition) is 2. The van der Waals surface area contributed by atoms with Crippen LogP contribution >= 0.6 is 11.8 Å². The zero-order chi connectivity index (χ0) is 15.0.